The Kier molecular flexibility index (Phi) is 2.05. The minimum absolute atomic E-state index is 0.0937. The first-order chi connectivity index (χ1) is 4.35. The number of aliphatic hydroxyl groups excluding tert-OH is 3. The molecule has 1 saturated carbocycles. The van der Waals surface area contributed by atoms with Gasteiger partial charge in [0, 0.05) is 19.8 Å². The molecule has 0 aliphatic heterocycles. The Hall–Kier alpha value is -0.120. The Labute approximate surface area is 53.9 Å². The highest BCUT2D eigenvalue weighted by atomic mass is 16.3. The third-order valence-electron chi connectivity index (χ3n) is 2.14. The summed E-state index contributed by atoms with van der Waals surface area (Å²) < 4.78 is 0. The average molecular weight is 132 g/mol. The van der Waals surface area contributed by atoms with Gasteiger partial charge in [0.05, 0.1) is 0 Å². The van der Waals surface area contributed by atoms with Crippen molar-refractivity contribution in [1.82, 2.24) is 0 Å². The van der Waals surface area contributed by atoms with Crippen LogP contribution in [0.4, 0.5) is 0 Å². The summed E-state index contributed by atoms with van der Waals surface area (Å²) in [7, 11) is 0. The molecule has 0 heterocycles. The molecule has 0 bridgehead atoms. The molecular formula is C6H12O3. The fourth-order valence-electron chi connectivity index (χ4n) is 1.34. The summed E-state index contributed by atoms with van der Waals surface area (Å²) in [4.78, 5) is 0. The summed E-state index contributed by atoms with van der Waals surface area (Å²) in [5, 5.41) is 25.8. The van der Waals surface area contributed by atoms with Gasteiger partial charge in [-0.1, -0.05) is 0 Å². The van der Waals surface area contributed by atoms with Crippen LogP contribution in [0.15, 0.2) is 0 Å². The Morgan fingerprint density at radius 2 is 0.889 bits per heavy atom. The van der Waals surface area contributed by atoms with Gasteiger partial charge in [-0.2, -0.15) is 0 Å². The third kappa shape index (κ3) is 1.08. The Morgan fingerprint density at radius 3 is 1.00 bits per heavy atom. The average Bonchev–Trinajstić information content (AvgIpc) is 2.59. The maximum absolute atomic E-state index is 8.59. The van der Waals surface area contributed by atoms with E-state index in [9.17, 15) is 0 Å². The number of hydrogen-bond donors (Lipinski definition) is 3. The van der Waals surface area contributed by atoms with E-state index < -0.39 is 0 Å². The van der Waals surface area contributed by atoms with Crippen LogP contribution >= 0.6 is 0 Å². The lowest BCUT2D eigenvalue weighted by Gasteiger charge is -1.84. The van der Waals surface area contributed by atoms with E-state index in [0.717, 1.165) is 0 Å². The van der Waals surface area contributed by atoms with Gasteiger partial charge >= 0.3 is 0 Å². The lowest BCUT2D eigenvalue weighted by atomic mass is 10.3. The van der Waals surface area contributed by atoms with Crippen molar-refractivity contribution in [2.75, 3.05) is 19.8 Å². The molecule has 0 amide bonds. The second-order valence-electron chi connectivity index (χ2n) is 2.54. The standard InChI is InChI=1S/C6H12O3/c7-1-4-5(2-8)6(4)3-9/h4-9H,1-3H2. The zero-order chi connectivity index (χ0) is 6.85. The summed E-state index contributed by atoms with van der Waals surface area (Å²) in [6.07, 6.45) is 0. The van der Waals surface area contributed by atoms with Crippen molar-refractivity contribution >= 4 is 0 Å². The van der Waals surface area contributed by atoms with Gasteiger partial charge in [-0.05, 0) is 17.8 Å². The fraction of sp³-hybridized carbons (Fsp3) is 1.00. The molecule has 0 unspecified atom stereocenters. The van der Waals surface area contributed by atoms with Gasteiger partial charge < -0.3 is 15.3 Å². The molecule has 0 aromatic carbocycles. The summed E-state index contributed by atoms with van der Waals surface area (Å²) in [6, 6.07) is 0. The SMILES string of the molecule is OCC1C(CO)C1CO. The maximum atomic E-state index is 8.59. The van der Waals surface area contributed by atoms with Gasteiger partial charge in [-0.3, -0.25) is 0 Å². The minimum Gasteiger partial charge on any atom is -0.396 e. The van der Waals surface area contributed by atoms with Crippen LogP contribution in [0.1, 0.15) is 0 Å². The molecule has 0 radical (unpaired) electrons. The van der Waals surface area contributed by atoms with Crippen molar-refractivity contribution in [3.63, 3.8) is 0 Å². The first-order valence-electron chi connectivity index (χ1n) is 3.17. The van der Waals surface area contributed by atoms with E-state index in [2.05, 4.69) is 0 Å². The number of aliphatic hydroxyl groups is 3. The molecule has 0 atom stereocenters. The van der Waals surface area contributed by atoms with E-state index in [0.29, 0.717) is 0 Å². The summed E-state index contributed by atoms with van der Waals surface area (Å²) in [5.41, 5.74) is 0. The van der Waals surface area contributed by atoms with Crippen LogP contribution in [-0.4, -0.2) is 35.1 Å². The second-order valence-corrected chi connectivity index (χ2v) is 2.54. The van der Waals surface area contributed by atoms with Gasteiger partial charge in [0.1, 0.15) is 0 Å². The highest BCUT2D eigenvalue weighted by Crippen LogP contribution is 2.44. The lowest BCUT2D eigenvalue weighted by Crippen LogP contribution is -1.91. The Bertz CT molecular complexity index is 69.3. The predicted molar refractivity (Wildman–Crippen MR) is 31.7 cm³/mol. The molecule has 0 aromatic rings. The molecule has 1 aliphatic rings. The molecule has 1 fully saturated rings. The predicted octanol–water partition coefficient (Wildman–Crippen LogP) is -1.17. The summed E-state index contributed by atoms with van der Waals surface area (Å²) in [5.74, 6) is 0.458. The smallest absolute Gasteiger partial charge is 0.0466 e. The van der Waals surface area contributed by atoms with E-state index in [1.807, 2.05) is 0 Å². The maximum Gasteiger partial charge on any atom is 0.0466 e. The van der Waals surface area contributed by atoms with E-state index in [-0.39, 0.29) is 37.6 Å². The van der Waals surface area contributed by atoms with Crippen LogP contribution in [0, 0.1) is 17.8 Å². The van der Waals surface area contributed by atoms with E-state index in [1.165, 1.54) is 0 Å². The second kappa shape index (κ2) is 2.64. The van der Waals surface area contributed by atoms with Gasteiger partial charge in [0.25, 0.3) is 0 Å². The van der Waals surface area contributed by atoms with E-state index in [1.54, 1.807) is 0 Å². The van der Waals surface area contributed by atoms with Crippen molar-refractivity contribution in [2.24, 2.45) is 17.8 Å². The van der Waals surface area contributed by atoms with Gasteiger partial charge in [-0.15, -0.1) is 0 Å². The minimum atomic E-state index is 0.0937. The van der Waals surface area contributed by atoms with Crippen LogP contribution in [0.2, 0.25) is 0 Å². The van der Waals surface area contributed by atoms with E-state index in [4.69, 9.17) is 15.3 Å². The van der Waals surface area contributed by atoms with Crippen molar-refractivity contribution < 1.29 is 15.3 Å². The summed E-state index contributed by atoms with van der Waals surface area (Å²) >= 11 is 0. The van der Waals surface area contributed by atoms with Crippen LogP contribution in [0.5, 0.6) is 0 Å². The van der Waals surface area contributed by atoms with Crippen molar-refractivity contribution in [3.8, 4) is 0 Å². The van der Waals surface area contributed by atoms with E-state index >= 15 is 0 Å². The Morgan fingerprint density at radius 1 is 0.667 bits per heavy atom. The number of hydrogen-bond acceptors (Lipinski definition) is 3. The molecule has 54 valence electrons. The van der Waals surface area contributed by atoms with Crippen LogP contribution < -0.4 is 0 Å². The molecule has 3 N–H and O–H groups in total. The molecule has 9 heavy (non-hydrogen) atoms. The largest absolute Gasteiger partial charge is 0.396 e. The quantitative estimate of drug-likeness (QED) is 0.453. The van der Waals surface area contributed by atoms with Gasteiger partial charge in [-0.25, -0.2) is 0 Å². The van der Waals surface area contributed by atoms with Crippen LogP contribution in [-0.2, 0) is 0 Å². The molecule has 3 nitrogen and oxygen atoms in total. The van der Waals surface area contributed by atoms with Crippen molar-refractivity contribution in [2.45, 2.75) is 0 Å². The molecule has 0 aromatic heterocycles. The van der Waals surface area contributed by atoms with Crippen LogP contribution in [0.3, 0.4) is 0 Å². The monoisotopic (exact) mass is 132 g/mol. The van der Waals surface area contributed by atoms with Gasteiger partial charge in [0.15, 0.2) is 0 Å². The first-order valence-corrected chi connectivity index (χ1v) is 3.17. The fourth-order valence-corrected chi connectivity index (χ4v) is 1.34. The molecule has 0 saturated heterocycles. The number of rotatable bonds is 3. The molecule has 1 rings (SSSR count). The highest BCUT2D eigenvalue weighted by Gasteiger charge is 2.48. The molecule has 0 spiro atoms. The topological polar surface area (TPSA) is 60.7 Å². The lowest BCUT2D eigenvalue weighted by molar-refractivity contribution is 0.232. The highest BCUT2D eigenvalue weighted by molar-refractivity contribution is 4.95. The summed E-state index contributed by atoms with van der Waals surface area (Å²) in [6.45, 7) is 0.281. The van der Waals surface area contributed by atoms with Gasteiger partial charge in [0.2, 0.25) is 0 Å². The van der Waals surface area contributed by atoms with Crippen molar-refractivity contribution in [3.05, 3.63) is 0 Å². The zero-order valence-corrected chi connectivity index (χ0v) is 5.20. The molecule has 3 heteroatoms. The normalized spacial score (nSPS) is 41.0. The van der Waals surface area contributed by atoms with Crippen molar-refractivity contribution in [1.29, 1.82) is 0 Å². The third-order valence-corrected chi connectivity index (χ3v) is 2.14. The first kappa shape index (κ1) is 6.99. The molecular weight excluding hydrogens is 120 g/mol. The zero-order valence-electron chi connectivity index (χ0n) is 5.20. The molecule has 1 aliphatic carbocycles. The van der Waals surface area contributed by atoms with Crippen LogP contribution in [0.25, 0.3) is 0 Å². The Balaban J connectivity index is 2.26.